The van der Waals surface area contributed by atoms with Crippen LogP contribution in [0.4, 0.5) is 9.18 Å². The summed E-state index contributed by atoms with van der Waals surface area (Å²) in [7, 11) is 0. The third-order valence-corrected chi connectivity index (χ3v) is 8.92. The fraction of sp³-hybridized carbons (Fsp3) is 0.448. The molecule has 3 aromatic rings. The Kier molecular flexibility index (Phi) is 6.15. The molecule has 38 heavy (non-hydrogen) atoms. The first-order valence-corrected chi connectivity index (χ1v) is 13.7. The van der Waals surface area contributed by atoms with Gasteiger partial charge in [0.05, 0.1) is 5.02 Å². The summed E-state index contributed by atoms with van der Waals surface area (Å²) in [5, 5.41) is 11.0. The zero-order valence-electron chi connectivity index (χ0n) is 21.6. The molecule has 200 valence electrons. The fourth-order valence-corrected chi connectivity index (χ4v) is 6.65. The molecule has 2 atom stereocenters. The summed E-state index contributed by atoms with van der Waals surface area (Å²) in [5.74, 6) is 0.0398. The number of carbonyl (C=O) groups is 2. The van der Waals surface area contributed by atoms with Crippen LogP contribution >= 0.6 is 11.6 Å². The number of aromatic nitrogens is 1. The Morgan fingerprint density at radius 2 is 1.92 bits per heavy atom. The van der Waals surface area contributed by atoms with Crippen LogP contribution in [0, 0.1) is 11.7 Å². The number of nitrogens with zero attached hydrogens (tertiary/aromatic N) is 3. The summed E-state index contributed by atoms with van der Waals surface area (Å²) in [6.07, 6.45) is 3.36. The van der Waals surface area contributed by atoms with Crippen molar-refractivity contribution in [3.63, 3.8) is 0 Å². The van der Waals surface area contributed by atoms with E-state index >= 15 is 0 Å². The second-order valence-corrected chi connectivity index (χ2v) is 11.7. The molecule has 3 aliphatic rings. The first-order valence-electron chi connectivity index (χ1n) is 13.3. The van der Waals surface area contributed by atoms with Gasteiger partial charge in [-0.25, -0.2) is 9.18 Å². The van der Waals surface area contributed by atoms with Gasteiger partial charge in [0.25, 0.3) is 5.91 Å². The molecule has 3 aliphatic heterocycles. The number of rotatable bonds is 5. The zero-order chi connectivity index (χ0) is 26.8. The molecular weight excluding hydrogens is 507 g/mol. The van der Waals surface area contributed by atoms with Gasteiger partial charge in [-0.05, 0) is 87.1 Å². The number of nitrogens with one attached hydrogen (secondary N) is 1. The molecule has 0 saturated carbocycles. The molecule has 3 amide bonds. The number of phenols is 1. The van der Waals surface area contributed by atoms with E-state index in [1.54, 1.807) is 29.2 Å². The summed E-state index contributed by atoms with van der Waals surface area (Å²) < 4.78 is 14.3. The van der Waals surface area contributed by atoms with Gasteiger partial charge in [0, 0.05) is 29.6 Å². The van der Waals surface area contributed by atoms with Gasteiger partial charge in [-0.15, -0.1) is 0 Å². The molecule has 6 rings (SSSR count). The van der Waals surface area contributed by atoms with Gasteiger partial charge in [-0.3, -0.25) is 14.6 Å². The van der Waals surface area contributed by atoms with E-state index in [1.807, 2.05) is 13.0 Å². The Morgan fingerprint density at radius 1 is 1.16 bits per heavy atom. The second kappa shape index (κ2) is 9.27. The Bertz CT molecular complexity index is 1430. The lowest BCUT2D eigenvalue weighted by molar-refractivity contribution is -0.133. The van der Waals surface area contributed by atoms with Crippen molar-refractivity contribution in [2.24, 2.45) is 5.92 Å². The van der Waals surface area contributed by atoms with Crippen LogP contribution in [0.2, 0.25) is 5.02 Å². The molecule has 2 unspecified atom stereocenters. The standard InChI is InChI=1S/C29H32ClFN4O3/c1-17-7-11-33(12-8-17)9-4-10-34-27(37)29(2)16-21-20-14-22(30)23(31)15-24(20)32-25(21)26(35(29)28(34)38)18-5-3-6-19(36)13-18/h3,5-6,13-15,17,26,32,36H,4,7-12,16H2,1-2H3. The summed E-state index contributed by atoms with van der Waals surface area (Å²) in [6.45, 7) is 7.40. The van der Waals surface area contributed by atoms with Crippen molar-refractivity contribution < 1.29 is 19.1 Å². The van der Waals surface area contributed by atoms with E-state index in [2.05, 4.69) is 16.8 Å². The maximum atomic E-state index is 14.3. The molecule has 7 nitrogen and oxygen atoms in total. The minimum atomic E-state index is -1.13. The smallest absolute Gasteiger partial charge is 0.328 e. The normalized spacial score (nSPS) is 24.4. The van der Waals surface area contributed by atoms with Crippen LogP contribution in [0.25, 0.3) is 10.9 Å². The molecule has 0 bridgehead atoms. The number of likely N-dealkylation sites (tertiary alicyclic amines) is 1. The van der Waals surface area contributed by atoms with Crippen molar-refractivity contribution >= 4 is 34.4 Å². The number of halogens is 2. The zero-order valence-corrected chi connectivity index (χ0v) is 22.4. The maximum Gasteiger partial charge on any atom is 0.328 e. The lowest BCUT2D eigenvalue weighted by Gasteiger charge is -2.42. The number of benzene rings is 2. The fourth-order valence-electron chi connectivity index (χ4n) is 6.49. The van der Waals surface area contributed by atoms with Crippen LogP contribution in [0.3, 0.4) is 0 Å². The third kappa shape index (κ3) is 3.96. The number of piperidine rings is 1. The number of aromatic hydroxyl groups is 1. The van der Waals surface area contributed by atoms with E-state index in [4.69, 9.17) is 11.6 Å². The first-order chi connectivity index (χ1) is 18.2. The van der Waals surface area contributed by atoms with E-state index in [-0.39, 0.29) is 29.1 Å². The Hall–Kier alpha value is -3.10. The van der Waals surface area contributed by atoms with Crippen LogP contribution in [-0.4, -0.2) is 68.4 Å². The number of urea groups is 1. The van der Waals surface area contributed by atoms with Gasteiger partial charge in [0.2, 0.25) is 0 Å². The van der Waals surface area contributed by atoms with Gasteiger partial charge in [-0.2, -0.15) is 0 Å². The largest absolute Gasteiger partial charge is 0.508 e. The van der Waals surface area contributed by atoms with Crippen molar-refractivity contribution in [3.05, 3.63) is 64.1 Å². The van der Waals surface area contributed by atoms with Crippen LogP contribution in [0.1, 0.15) is 56.0 Å². The highest BCUT2D eigenvalue weighted by molar-refractivity contribution is 6.31. The average molecular weight is 539 g/mol. The first kappa shape index (κ1) is 25.2. The van der Waals surface area contributed by atoms with Crippen molar-refractivity contribution in [1.29, 1.82) is 0 Å². The molecule has 2 fully saturated rings. The molecule has 4 heterocycles. The quantitative estimate of drug-likeness (QED) is 0.423. The van der Waals surface area contributed by atoms with E-state index in [1.165, 1.54) is 23.8 Å². The van der Waals surface area contributed by atoms with Gasteiger partial charge in [-0.1, -0.05) is 30.7 Å². The van der Waals surface area contributed by atoms with Crippen LogP contribution in [0.15, 0.2) is 36.4 Å². The Morgan fingerprint density at radius 3 is 2.66 bits per heavy atom. The number of H-pyrrole nitrogens is 1. The Balaban J connectivity index is 1.37. The molecule has 9 heteroatoms. The van der Waals surface area contributed by atoms with Crippen LogP contribution in [-0.2, 0) is 11.2 Å². The van der Waals surface area contributed by atoms with Crippen molar-refractivity contribution in [1.82, 2.24) is 19.7 Å². The molecular formula is C29H32ClFN4O3. The van der Waals surface area contributed by atoms with Crippen LogP contribution < -0.4 is 0 Å². The molecule has 2 saturated heterocycles. The van der Waals surface area contributed by atoms with Crippen molar-refractivity contribution in [2.75, 3.05) is 26.2 Å². The number of fused-ring (bicyclic) bond motifs is 4. The summed E-state index contributed by atoms with van der Waals surface area (Å²) in [4.78, 5) is 36.6. The molecule has 0 spiro atoms. The van der Waals surface area contributed by atoms with Gasteiger partial charge in [0.15, 0.2) is 0 Å². The van der Waals surface area contributed by atoms with E-state index in [9.17, 15) is 19.1 Å². The highest BCUT2D eigenvalue weighted by atomic mass is 35.5. The Labute approximate surface area is 226 Å². The summed E-state index contributed by atoms with van der Waals surface area (Å²) in [5.41, 5.74) is 1.63. The van der Waals surface area contributed by atoms with Gasteiger partial charge >= 0.3 is 6.03 Å². The number of amides is 3. The minimum Gasteiger partial charge on any atom is -0.508 e. The van der Waals surface area contributed by atoms with E-state index in [0.717, 1.165) is 42.9 Å². The number of hydrogen-bond donors (Lipinski definition) is 2. The molecule has 0 radical (unpaired) electrons. The second-order valence-electron chi connectivity index (χ2n) is 11.3. The lowest BCUT2D eigenvalue weighted by Crippen LogP contribution is -2.53. The number of imide groups is 1. The SMILES string of the molecule is CC1CCN(CCCN2C(=O)N3C(c4cccc(O)c4)c4[nH]c5cc(F)c(Cl)cc5c4CC3(C)C2=O)CC1. The predicted molar refractivity (Wildman–Crippen MR) is 144 cm³/mol. The minimum absolute atomic E-state index is 0.00310. The highest BCUT2D eigenvalue weighted by Gasteiger charge is 2.60. The third-order valence-electron chi connectivity index (χ3n) is 8.63. The van der Waals surface area contributed by atoms with Crippen LogP contribution in [0.5, 0.6) is 5.75 Å². The molecule has 1 aromatic heterocycles. The number of carbonyl (C=O) groups excluding carboxylic acids is 2. The maximum absolute atomic E-state index is 14.3. The monoisotopic (exact) mass is 538 g/mol. The summed E-state index contributed by atoms with van der Waals surface area (Å²) >= 11 is 6.15. The molecule has 0 aliphatic carbocycles. The predicted octanol–water partition coefficient (Wildman–Crippen LogP) is 5.46. The number of phenolic OH excluding ortho intramolecular Hbond substituents is 1. The molecule has 2 N–H and O–H groups in total. The topological polar surface area (TPSA) is 79.9 Å². The number of hydrogen-bond acceptors (Lipinski definition) is 4. The van der Waals surface area contributed by atoms with Gasteiger partial charge < -0.3 is 15.0 Å². The van der Waals surface area contributed by atoms with Crippen molar-refractivity contribution in [2.45, 2.75) is 51.1 Å². The van der Waals surface area contributed by atoms with Crippen molar-refractivity contribution in [3.8, 4) is 5.75 Å². The summed E-state index contributed by atoms with van der Waals surface area (Å²) in [6, 6.07) is 8.65. The van der Waals surface area contributed by atoms with E-state index in [0.29, 0.717) is 23.3 Å². The number of aromatic amines is 1. The average Bonchev–Trinajstić information content (AvgIpc) is 3.31. The molecule has 2 aromatic carbocycles. The van der Waals surface area contributed by atoms with E-state index < -0.39 is 17.4 Å². The highest BCUT2D eigenvalue weighted by Crippen LogP contribution is 2.49. The lowest BCUT2D eigenvalue weighted by atomic mass is 9.81. The van der Waals surface area contributed by atoms with Gasteiger partial charge in [0.1, 0.15) is 23.1 Å².